The lowest BCUT2D eigenvalue weighted by Crippen LogP contribution is -2.20. The predicted molar refractivity (Wildman–Crippen MR) is 76.4 cm³/mol. The van der Waals surface area contributed by atoms with Crippen LogP contribution in [0.25, 0.3) is 0 Å². The fourth-order valence-electron chi connectivity index (χ4n) is 1.50. The van der Waals surface area contributed by atoms with Gasteiger partial charge in [-0.25, -0.2) is 0 Å². The number of nitrogens with two attached hydrogens (primary N) is 1. The van der Waals surface area contributed by atoms with Crippen LogP contribution in [0.3, 0.4) is 0 Å². The third-order valence-corrected chi connectivity index (χ3v) is 3.14. The zero-order valence-corrected chi connectivity index (χ0v) is 12.0. The van der Waals surface area contributed by atoms with Gasteiger partial charge in [0.05, 0.1) is 12.6 Å². The number of thiophene rings is 1. The number of hydrogen-bond donors (Lipinski definition) is 1. The van der Waals surface area contributed by atoms with Gasteiger partial charge >= 0.3 is 6.01 Å². The fraction of sp³-hybridized carbons (Fsp3) is 0.417. The van der Waals surface area contributed by atoms with Gasteiger partial charge in [0.2, 0.25) is 11.9 Å². The van der Waals surface area contributed by atoms with Crippen LogP contribution in [0.1, 0.15) is 18.7 Å². The highest BCUT2D eigenvalue weighted by Crippen LogP contribution is 2.17. The molecule has 2 aromatic heterocycles. The second kappa shape index (κ2) is 5.83. The molecule has 0 spiro atoms. The van der Waals surface area contributed by atoms with E-state index in [9.17, 15) is 0 Å². The number of anilines is 2. The molecule has 6 nitrogen and oxygen atoms in total. The highest BCUT2D eigenvalue weighted by Gasteiger charge is 2.11. The number of rotatable bonds is 5. The molecule has 0 fully saturated rings. The molecule has 2 rings (SSSR count). The summed E-state index contributed by atoms with van der Waals surface area (Å²) in [5.41, 5.74) is 5.68. The molecule has 0 bridgehead atoms. The number of nitrogen functional groups attached to an aromatic ring is 1. The molecule has 0 unspecified atom stereocenters. The molecule has 2 N–H and O–H groups in total. The maximum absolute atomic E-state index is 5.68. The standard InChI is InChI=1S/C12H17N5OS/c1-8(2)18-12-15-10(13)14-11(16-12)17(3)7-9-5-4-6-19-9/h4-6,8H,7H2,1-3H3,(H2,13,14,15,16). The second-order valence-electron chi connectivity index (χ2n) is 4.38. The van der Waals surface area contributed by atoms with E-state index in [0.717, 1.165) is 6.54 Å². The van der Waals surface area contributed by atoms with E-state index in [0.29, 0.717) is 5.95 Å². The third-order valence-electron chi connectivity index (χ3n) is 2.28. The molecule has 0 atom stereocenters. The van der Waals surface area contributed by atoms with Crippen molar-refractivity contribution in [3.05, 3.63) is 22.4 Å². The van der Waals surface area contributed by atoms with Crippen LogP contribution in [0, 0.1) is 0 Å². The topological polar surface area (TPSA) is 77.2 Å². The van der Waals surface area contributed by atoms with Gasteiger partial charge in [-0.05, 0) is 25.3 Å². The molecule has 2 aromatic rings. The van der Waals surface area contributed by atoms with Gasteiger partial charge in [0.25, 0.3) is 0 Å². The van der Waals surface area contributed by atoms with E-state index in [4.69, 9.17) is 10.5 Å². The van der Waals surface area contributed by atoms with Crippen LogP contribution in [0.4, 0.5) is 11.9 Å². The van der Waals surface area contributed by atoms with Crippen molar-refractivity contribution in [3.8, 4) is 6.01 Å². The van der Waals surface area contributed by atoms with Crippen molar-refractivity contribution >= 4 is 23.2 Å². The van der Waals surface area contributed by atoms with Gasteiger partial charge in [-0.15, -0.1) is 11.3 Å². The van der Waals surface area contributed by atoms with Crippen molar-refractivity contribution in [2.75, 3.05) is 17.7 Å². The molecule has 102 valence electrons. The van der Waals surface area contributed by atoms with Crippen LogP contribution in [0.2, 0.25) is 0 Å². The number of aromatic nitrogens is 3. The maximum atomic E-state index is 5.68. The van der Waals surface area contributed by atoms with Gasteiger partial charge in [0.15, 0.2) is 0 Å². The molecule has 0 aliphatic rings. The predicted octanol–water partition coefficient (Wildman–Crippen LogP) is 1.94. The van der Waals surface area contributed by atoms with Crippen LogP contribution in [-0.4, -0.2) is 28.1 Å². The van der Waals surface area contributed by atoms with Gasteiger partial charge in [0.1, 0.15) is 0 Å². The van der Waals surface area contributed by atoms with Gasteiger partial charge in [0, 0.05) is 11.9 Å². The zero-order valence-electron chi connectivity index (χ0n) is 11.2. The van der Waals surface area contributed by atoms with E-state index in [1.807, 2.05) is 37.2 Å². The molecule has 2 heterocycles. The minimum atomic E-state index is -0.00254. The molecule has 19 heavy (non-hydrogen) atoms. The molecule has 0 radical (unpaired) electrons. The van der Waals surface area contributed by atoms with Crippen LogP contribution in [0.5, 0.6) is 6.01 Å². The Morgan fingerprint density at radius 1 is 1.37 bits per heavy atom. The van der Waals surface area contributed by atoms with E-state index in [-0.39, 0.29) is 18.1 Å². The summed E-state index contributed by atoms with van der Waals surface area (Å²) in [7, 11) is 1.91. The van der Waals surface area contributed by atoms with Gasteiger partial charge in [-0.1, -0.05) is 6.07 Å². The summed E-state index contributed by atoms with van der Waals surface area (Å²) >= 11 is 1.69. The Morgan fingerprint density at radius 3 is 2.79 bits per heavy atom. The second-order valence-corrected chi connectivity index (χ2v) is 5.41. The summed E-state index contributed by atoms with van der Waals surface area (Å²) in [4.78, 5) is 15.5. The van der Waals surface area contributed by atoms with E-state index in [1.165, 1.54) is 4.88 Å². The lowest BCUT2D eigenvalue weighted by Gasteiger charge is -2.17. The molecular weight excluding hydrogens is 262 g/mol. The van der Waals surface area contributed by atoms with E-state index < -0.39 is 0 Å². The average Bonchev–Trinajstić information content (AvgIpc) is 2.80. The largest absolute Gasteiger partial charge is 0.461 e. The molecule has 0 aliphatic heterocycles. The Morgan fingerprint density at radius 2 is 2.16 bits per heavy atom. The third kappa shape index (κ3) is 3.78. The van der Waals surface area contributed by atoms with Crippen molar-refractivity contribution < 1.29 is 4.74 Å². The van der Waals surface area contributed by atoms with E-state index in [2.05, 4.69) is 21.0 Å². The van der Waals surface area contributed by atoms with Crippen LogP contribution >= 0.6 is 11.3 Å². The normalized spacial score (nSPS) is 10.7. The minimum absolute atomic E-state index is 0.00254. The van der Waals surface area contributed by atoms with Gasteiger partial charge in [-0.2, -0.15) is 15.0 Å². The highest BCUT2D eigenvalue weighted by molar-refractivity contribution is 7.09. The maximum Gasteiger partial charge on any atom is 0.323 e. The summed E-state index contributed by atoms with van der Waals surface area (Å²) in [6.07, 6.45) is -0.00254. The summed E-state index contributed by atoms with van der Waals surface area (Å²) in [6, 6.07) is 4.34. The fourth-order valence-corrected chi connectivity index (χ4v) is 2.26. The molecule has 0 saturated heterocycles. The Hall–Kier alpha value is -1.89. The summed E-state index contributed by atoms with van der Waals surface area (Å²) in [6.45, 7) is 4.55. The summed E-state index contributed by atoms with van der Waals surface area (Å²) in [5, 5.41) is 2.04. The zero-order chi connectivity index (χ0) is 13.8. The first-order valence-corrected chi connectivity index (χ1v) is 6.84. The van der Waals surface area contributed by atoms with Crippen molar-refractivity contribution in [3.63, 3.8) is 0 Å². The Kier molecular flexibility index (Phi) is 4.16. The molecule has 0 amide bonds. The van der Waals surface area contributed by atoms with Crippen molar-refractivity contribution in [2.24, 2.45) is 0 Å². The minimum Gasteiger partial charge on any atom is -0.461 e. The Labute approximate surface area is 116 Å². The van der Waals surface area contributed by atoms with Crippen LogP contribution in [-0.2, 0) is 6.54 Å². The van der Waals surface area contributed by atoms with Crippen LogP contribution in [0.15, 0.2) is 17.5 Å². The Balaban J connectivity index is 2.16. The molecule has 7 heteroatoms. The number of hydrogen-bond acceptors (Lipinski definition) is 7. The number of nitrogens with zero attached hydrogens (tertiary/aromatic N) is 4. The lowest BCUT2D eigenvalue weighted by atomic mass is 10.4. The van der Waals surface area contributed by atoms with Crippen molar-refractivity contribution in [1.29, 1.82) is 0 Å². The van der Waals surface area contributed by atoms with E-state index >= 15 is 0 Å². The van der Waals surface area contributed by atoms with E-state index in [1.54, 1.807) is 11.3 Å². The van der Waals surface area contributed by atoms with Crippen molar-refractivity contribution in [1.82, 2.24) is 15.0 Å². The monoisotopic (exact) mass is 279 g/mol. The first-order valence-electron chi connectivity index (χ1n) is 5.96. The molecule has 0 saturated carbocycles. The van der Waals surface area contributed by atoms with Gasteiger partial charge < -0.3 is 15.4 Å². The lowest BCUT2D eigenvalue weighted by molar-refractivity contribution is 0.222. The average molecular weight is 279 g/mol. The molecule has 0 aromatic carbocycles. The quantitative estimate of drug-likeness (QED) is 0.901. The Bertz CT molecular complexity index is 529. The number of ether oxygens (including phenoxy) is 1. The smallest absolute Gasteiger partial charge is 0.323 e. The van der Waals surface area contributed by atoms with Gasteiger partial charge in [-0.3, -0.25) is 0 Å². The first-order chi connectivity index (χ1) is 9.04. The van der Waals surface area contributed by atoms with Crippen molar-refractivity contribution in [2.45, 2.75) is 26.5 Å². The highest BCUT2D eigenvalue weighted by atomic mass is 32.1. The summed E-state index contributed by atoms with van der Waals surface area (Å²) in [5.74, 6) is 0.676. The first kappa shape index (κ1) is 13.5. The summed E-state index contributed by atoms with van der Waals surface area (Å²) < 4.78 is 5.45. The molecule has 0 aliphatic carbocycles. The molecular formula is C12H17N5OS. The van der Waals surface area contributed by atoms with Crippen LogP contribution < -0.4 is 15.4 Å². The SMILES string of the molecule is CC(C)Oc1nc(N)nc(N(C)Cc2cccs2)n1.